The van der Waals surface area contributed by atoms with Crippen molar-refractivity contribution in [3.8, 4) is 5.75 Å². The summed E-state index contributed by atoms with van der Waals surface area (Å²) in [6.07, 6.45) is -0.493. The van der Waals surface area contributed by atoms with Crippen LogP contribution in [0.2, 0.25) is 0 Å². The number of hydrogen-bond acceptors (Lipinski definition) is 5. The minimum Gasteiger partial charge on any atom is -0.547 e. The third-order valence-electron chi connectivity index (χ3n) is 4.54. The molecule has 0 fully saturated rings. The normalized spacial score (nSPS) is 12.2. The average molecular weight is 407 g/mol. The van der Waals surface area contributed by atoms with Gasteiger partial charge >= 0.3 is 0 Å². The smallest absolute Gasteiger partial charge is 0.118 e. The van der Waals surface area contributed by atoms with Gasteiger partial charge in [0.25, 0.3) is 0 Å². The number of ether oxygens (including phenoxy) is 1. The monoisotopic (exact) mass is 406 g/mol. The molecule has 3 aromatic rings. The van der Waals surface area contributed by atoms with Crippen LogP contribution in [0.5, 0.6) is 5.75 Å². The van der Waals surface area contributed by atoms with Gasteiger partial charge in [-0.25, -0.2) is 0 Å². The third-order valence-corrected chi connectivity index (χ3v) is 4.54. The maximum atomic E-state index is 10.1. The lowest BCUT2D eigenvalue weighted by molar-refractivity contribution is -0.315. The van der Waals surface area contributed by atoms with E-state index in [9.17, 15) is 9.90 Å². The average Bonchev–Trinajstić information content (AvgIpc) is 2.79. The third kappa shape index (κ3) is 8.07. The lowest BCUT2D eigenvalue weighted by Gasteiger charge is -2.14. The lowest BCUT2D eigenvalue weighted by Crippen LogP contribution is -2.29. The highest BCUT2D eigenvalue weighted by Gasteiger charge is 2.06. The fraction of sp³-hybridized carbons (Fsp3) is 0.240. The van der Waals surface area contributed by atoms with E-state index in [-0.39, 0.29) is 0 Å². The largest absolute Gasteiger partial charge is 0.547 e. The number of nitrogens with one attached hydrogen (secondary N) is 1. The van der Waals surface area contributed by atoms with Crippen molar-refractivity contribution >= 4 is 5.97 Å². The number of benzene rings is 3. The second-order valence-electron chi connectivity index (χ2n) is 6.95. The predicted octanol–water partition coefficient (Wildman–Crippen LogP) is 2.89. The molecule has 0 amide bonds. The molecular formula is C25H28NO4-. The van der Waals surface area contributed by atoms with Crippen molar-refractivity contribution in [1.29, 1.82) is 0 Å². The molecule has 0 radical (unpaired) electrons. The molecule has 3 rings (SSSR count). The van der Waals surface area contributed by atoms with Gasteiger partial charge < -0.3 is 25.1 Å². The van der Waals surface area contributed by atoms with Crippen LogP contribution in [0.4, 0.5) is 0 Å². The molecule has 0 saturated carbocycles. The Morgan fingerprint density at radius 2 is 1.50 bits per heavy atom. The molecule has 5 heteroatoms. The Balaban J connectivity index is 0.000000248. The molecule has 0 aromatic heterocycles. The summed E-state index contributed by atoms with van der Waals surface area (Å²) >= 11 is 0. The second-order valence-corrected chi connectivity index (χ2v) is 6.95. The number of aliphatic hydroxyl groups excluding tert-OH is 1. The van der Waals surface area contributed by atoms with Crippen molar-refractivity contribution in [2.75, 3.05) is 7.11 Å². The number of hydrogen-bond donors (Lipinski definition) is 2. The molecule has 0 bridgehead atoms. The van der Waals surface area contributed by atoms with Crippen molar-refractivity contribution in [2.24, 2.45) is 0 Å². The van der Waals surface area contributed by atoms with Gasteiger partial charge in [0.1, 0.15) is 11.9 Å². The molecule has 5 nitrogen and oxygen atoms in total. The lowest BCUT2D eigenvalue weighted by atomic mass is 10.1. The van der Waals surface area contributed by atoms with E-state index in [1.807, 2.05) is 18.2 Å². The van der Waals surface area contributed by atoms with Crippen LogP contribution >= 0.6 is 0 Å². The number of carboxylic acid groups (broad SMARTS) is 1. The first kappa shape index (κ1) is 23.1. The maximum absolute atomic E-state index is 10.1. The van der Waals surface area contributed by atoms with Gasteiger partial charge in [0.05, 0.1) is 13.1 Å². The van der Waals surface area contributed by atoms with Gasteiger partial charge in [0.15, 0.2) is 0 Å². The number of carbonyl (C=O) groups excluding carboxylic acids is 1. The molecule has 2 atom stereocenters. The molecule has 2 unspecified atom stereocenters. The quantitative estimate of drug-likeness (QED) is 0.601. The first-order chi connectivity index (χ1) is 14.5. The summed E-state index contributed by atoms with van der Waals surface area (Å²) in [5.74, 6) is -0.565. The zero-order chi connectivity index (χ0) is 21.8. The van der Waals surface area contributed by atoms with Gasteiger partial charge in [-0.3, -0.25) is 0 Å². The Labute approximate surface area is 178 Å². The molecule has 0 aliphatic carbocycles. The zero-order valence-corrected chi connectivity index (χ0v) is 17.3. The van der Waals surface area contributed by atoms with E-state index in [1.54, 1.807) is 25.3 Å². The van der Waals surface area contributed by atoms with Gasteiger partial charge in [0.2, 0.25) is 0 Å². The fourth-order valence-electron chi connectivity index (χ4n) is 2.85. The van der Waals surface area contributed by atoms with Crippen molar-refractivity contribution in [3.63, 3.8) is 0 Å². The molecule has 0 aliphatic rings. The van der Waals surface area contributed by atoms with Crippen LogP contribution in [-0.4, -0.2) is 24.2 Å². The maximum Gasteiger partial charge on any atom is 0.118 e. The molecule has 0 saturated heterocycles. The van der Waals surface area contributed by atoms with Crippen LogP contribution in [0.25, 0.3) is 0 Å². The number of carboxylic acids is 1. The van der Waals surface area contributed by atoms with Gasteiger partial charge in [-0.1, -0.05) is 72.8 Å². The van der Waals surface area contributed by atoms with Crippen molar-refractivity contribution < 1.29 is 19.7 Å². The van der Waals surface area contributed by atoms with Crippen LogP contribution in [0.3, 0.4) is 0 Å². The second kappa shape index (κ2) is 12.4. The molecule has 30 heavy (non-hydrogen) atoms. The molecule has 0 heterocycles. The zero-order valence-electron chi connectivity index (χ0n) is 17.3. The number of carbonyl (C=O) groups is 1. The highest BCUT2D eigenvalue weighted by Crippen LogP contribution is 2.13. The summed E-state index contributed by atoms with van der Waals surface area (Å²) < 4.78 is 5.16. The van der Waals surface area contributed by atoms with E-state index in [0.717, 1.165) is 18.7 Å². The highest BCUT2D eigenvalue weighted by molar-refractivity contribution is 5.71. The number of methoxy groups -OCH3 is 1. The Morgan fingerprint density at radius 3 is 2.03 bits per heavy atom. The SMILES string of the molecule is COc1ccc(CC(C)NCc2ccccc2)cc1.O=C([O-])C(O)c1ccccc1. The number of aliphatic hydroxyl groups is 1. The van der Waals surface area contributed by atoms with Crippen LogP contribution in [0, 0.1) is 0 Å². The van der Waals surface area contributed by atoms with Crippen LogP contribution < -0.4 is 15.2 Å². The van der Waals surface area contributed by atoms with Gasteiger partial charge in [-0.2, -0.15) is 0 Å². The standard InChI is InChI=1S/C17H21NO.C8H8O3/c1-14(18-13-16-6-4-3-5-7-16)12-15-8-10-17(19-2)11-9-15;9-7(8(10)11)6-4-2-1-3-5-6/h3-11,14,18H,12-13H2,1-2H3;1-5,7,9H,(H,10,11)/p-1. The Morgan fingerprint density at radius 1 is 0.933 bits per heavy atom. The van der Waals surface area contributed by atoms with Crippen molar-refractivity contribution in [1.82, 2.24) is 5.32 Å². The van der Waals surface area contributed by atoms with E-state index in [1.165, 1.54) is 23.3 Å². The summed E-state index contributed by atoms with van der Waals surface area (Å²) in [4.78, 5) is 10.1. The topological polar surface area (TPSA) is 81.6 Å². The molecule has 0 aliphatic heterocycles. The molecule has 158 valence electrons. The minimum absolute atomic E-state index is 0.340. The number of aliphatic carboxylic acids is 1. The van der Waals surface area contributed by atoms with Gasteiger partial charge in [-0.05, 0) is 42.2 Å². The van der Waals surface area contributed by atoms with Crippen LogP contribution in [0.15, 0.2) is 84.9 Å². The van der Waals surface area contributed by atoms with E-state index in [4.69, 9.17) is 9.84 Å². The Bertz CT molecular complexity index is 867. The van der Waals surface area contributed by atoms with Gasteiger partial charge in [-0.15, -0.1) is 0 Å². The van der Waals surface area contributed by atoms with Crippen LogP contribution in [-0.2, 0) is 17.8 Å². The number of rotatable bonds is 8. The molecular weight excluding hydrogens is 378 g/mol. The minimum atomic E-state index is -1.52. The Hall–Kier alpha value is -3.15. The summed E-state index contributed by atoms with van der Waals surface area (Å²) in [7, 11) is 1.69. The van der Waals surface area contributed by atoms with E-state index >= 15 is 0 Å². The predicted molar refractivity (Wildman–Crippen MR) is 116 cm³/mol. The molecule has 2 N–H and O–H groups in total. The van der Waals surface area contributed by atoms with Crippen molar-refractivity contribution in [2.45, 2.75) is 32.0 Å². The molecule has 0 spiro atoms. The summed E-state index contributed by atoms with van der Waals surface area (Å²) in [6.45, 7) is 3.13. The van der Waals surface area contributed by atoms with Gasteiger partial charge in [0, 0.05) is 12.6 Å². The van der Waals surface area contributed by atoms with E-state index in [2.05, 4.69) is 48.6 Å². The summed E-state index contributed by atoms with van der Waals surface area (Å²) in [6, 6.07) is 27.3. The fourth-order valence-corrected chi connectivity index (χ4v) is 2.85. The Kier molecular flexibility index (Phi) is 9.58. The summed E-state index contributed by atoms with van der Waals surface area (Å²) in [5.41, 5.74) is 2.99. The van der Waals surface area contributed by atoms with E-state index in [0.29, 0.717) is 11.6 Å². The first-order valence-electron chi connectivity index (χ1n) is 9.83. The first-order valence-corrected chi connectivity index (χ1v) is 9.83. The molecule has 3 aromatic carbocycles. The summed E-state index contributed by atoms with van der Waals surface area (Å²) in [5, 5.41) is 22.6. The van der Waals surface area contributed by atoms with E-state index < -0.39 is 12.1 Å². The van der Waals surface area contributed by atoms with Crippen LogP contribution in [0.1, 0.15) is 29.7 Å². The van der Waals surface area contributed by atoms with Crippen molar-refractivity contribution in [3.05, 3.63) is 102 Å². The highest BCUT2D eigenvalue weighted by atomic mass is 16.5.